The van der Waals surface area contributed by atoms with Crippen LogP contribution in [0, 0.1) is 5.92 Å². The SMILES string of the molecule is Cl.Cl.O=C(NO)/C(F)=C/c1cnc(N[C@@]2(C3CCCCC3)CCCNC2)c(Cl)c1. The third-order valence-corrected chi connectivity index (χ3v) is 5.93. The maximum absolute atomic E-state index is 13.6. The summed E-state index contributed by atoms with van der Waals surface area (Å²) in [7, 11) is 0. The van der Waals surface area contributed by atoms with Crippen molar-refractivity contribution in [1.29, 1.82) is 0 Å². The van der Waals surface area contributed by atoms with Gasteiger partial charge in [-0.1, -0.05) is 30.9 Å². The molecule has 1 atom stereocenters. The van der Waals surface area contributed by atoms with Crippen LogP contribution in [-0.4, -0.2) is 34.7 Å². The summed E-state index contributed by atoms with van der Waals surface area (Å²) in [6.07, 6.45) is 10.8. The molecule has 1 aromatic rings. The number of aromatic nitrogens is 1. The minimum Gasteiger partial charge on any atom is -0.362 e. The molecule has 1 saturated carbocycles. The number of nitrogens with zero attached hydrogens (tertiary/aromatic N) is 1. The van der Waals surface area contributed by atoms with E-state index in [0.29, 0.717) is 22.3 Å². The molecule has 6 nitrogen and oxygen atoms in total. The van der Waals surface area contributed by atoms with E-state index in [-0.39, 0.29) is 30.4 Å². The third-order valence-electron chi connectivity index (χ3n) is 5.65. The second-order valence-corrected chi connectivity index (χ2v) is 7.84. The lowest BCUT2D eigenvalue weighted by Gasteiger charge is -2.46. The predicted molar refractivity (Wildman–Crippen MR) is 118 cm³/mol. The van der Waals surface area contributed by atoms with Gasteiger partial charge >= 0.3 is 5.91 Å². The molecule has 0 aromatic carbocycles. The number of hydrogen-bond donors (Lipinski definition) is 4. The first-order valence-corrected chi connectivity index (χ1v) is 9.88. The maximum atomic E-state index is 13.6. The zero-order valence-corrected chi connectivity index (χ0v) is 18.4. The van der Waals surface area contributed by atoms with Crippen molar-refractivity contribution in [3.8, 4) is 0 Å². The highest BCUT2D eigenvalue weighted by Gasteiger charge is 2.40. The summed E-state index contributed by atoms with van der Waals surface area (Å²) in [5.41, 5.74) is 1.52. The Kier molecular flexibility index (Phi) is 10.6. The van der Waals surface area contributed by atoms with E-state index in [1.807, 2.05) is 0 Å². The van der Waals surface area contributed by atoms with Crippen LogP contribution in [0.15, 0.2) is 18.1 Å². The molecule has 2 fully saturated rings. The van der Waals surface area contributed by atoms with Crippen molar-refractivity contribution in [2.75, 3.05) is 18.4 Å². The minimum absolute atomic E-state index is 0. The number of carbonyl (C=O) groups excluding carboxylic acids is 1. The van der Waals surface area contributed by atoms with E-state index in [0.717, 1.165) is 32.0 Å². The first-order valence-electron chi connectivity index (χ1n) is 9.50. The second-order valence-electron chi connectivity index (χ2n) is 7.43. The number of nitrogens with one attached hydrogen (secondary N) is 3. The van der Waals surface area contributed by atoms with Gasteiger partial charge < -0.3 is 10.6 Å². The molecule has 29 heavy (non-hydrogen) atoms. The van der Waals surface area contributed by atoms with Gasteiger partial charge in [-0.15, -0.1) is 24.8 Å². The molecule has 4 N–H and O–H groups in total. The first kappa shape index (κ1) is 25.9. The van der Waals surface area contributed by atoms with Gasteiger partial charge in [0.2, 0.25) is 0 Å². The van der Waals surface area contributed by atoms with Gasteiger partial charge in [0.05, 0.1) is 10.6 Å². The van der Waals surface area contributed by atoms with E-state index in [1.165, 1.54) is 43.8 Å². The highest BCUT2D eigenvalue weighted by atomic mass is 35.5. The summed E-state index contributed by atoms with van der Waals surface area (Å²) in [4.78, 5) is 15.4. The number of halogens is 4. The molecule has 1 aliphatic heterocycles. The lowest BCUT2D eigenvalue weighted by Crippen LogP contribution is -2.56. The van der Waals surface area contributed by atoms with Crippen molar-refractivity contribution < 1.29 is 14.4 Å². The van der Waals surface area contributed by atoms with Gasteiger partial charge in [0.1, 0.15) is 5.82 Å². The third kappa shape index (κ3) is 6.43. The minimum atomic E-state index is -1.21. The van der Waals surface area contributed by atoms with E-state index in [2.05, 4.69) is 15.6 Å². The number of amides is 1. The average molecular weight is 470 g/mol. The number of hydroxylamine groups is 1. The summed E-state index contributed by atoms with van der Waals surface area (Å²) in [5, 5.41) is 16.0. The number of anilines is 1. The van der Waals surface area contributed by atoms with Gasteiger partial charge in [-0.25, -0.2) is 14.9 Å². The number of rotatable bonds is 5. The normalized spacial score (nSPS) is 22.8. The molecule has 2 heterocycles. The number of pyridine rings is 1. The molecular formula is C19H28Cl3FN4O2. The molecule has 0 unspecified atom stereocenters. The fourth-order valence-electron chi connectivity index (χ4n) is 4.27. The molecule has 2 aliphatic rings. The van der Waals surface area contributed by atoms with Crippen molar-refractivity contribution in [3.63, 3.8) is 0 Å². The summed E-state index contributed by atoms with van der Waals surface area (Å²) in [6, 6.07) is 1.56. The Morgan fingerprint density at radius 3 is 2.62 bits per heavy atom. The lowest BCUT2D eigenvalue weighted by molar-refractivity contribution is -0.126. The number of hydrogen-bond acceptors (Lipinski definition) is 5. The summed E-state index contributed by atoms with van der Waals surface area (Å²) >= 11 is 6.40. The van der Waals surface area contributed by atoms with Gasteiger partial charge in [-0.05, 0) is 55.9 Å². The first-order chi connectivity index (χ1) is 13.0. The van der Waals surface area contributed by atoms with E-state index < -0.39 is 11.7 Å². The number of piperidine rings is 1. The lowest BCUT2D eigenvalue weighted by atomic mass is 9.71. The summed E-state index contributed by atoms with van der Waals surface area (Å²) in [5.74, 6) is -1.18. The van der Waals surface area contributed by atoms with Gasteiger partial charge in [0.15, 0.2) is 5.83 Å². The average Bonchev–Trinajstić information content (AvgIpc) is 2.71. The molecule has 0 radical (unpaired) electrons. The molecular weight excluding hydrogens is 442 g/mol. The van der Waals surface area contributed by atoms with Crippen LogP contribution < -0.4 is 16.1 Å². The highest BCUT2D eigenvalue weighted by molar-refractivity contribution is 6.33. The smallest absolute Gasteiger partial charge is 0.303 e. The van der Waals surface area contributed by atoms with Gasteiger partial charge in [-0.2, -0.15) is 0 Å². The standard InChI is InChI=1S/C19H26ClFN4O2.2ClH/c20-15-9-13(10-16(21)18(26)25-27)11-23-17(15)24-19(7-4-8-22-12-19)14-5-2-1-3-6-14;;/h9-11,14,22,27H,1-8,12H2,(H,23,24)(H,25,26);2*1H/b16-10-;;/t19-;;/m0../s1. The second kappa shape index (κ2) is 11.9. The zero-order valence-electron chi connectivity index (χ0n) is 16.0. The van der Waals surface area contributed by atoms with Gasteiger partial charge in [0, 0.05) is 12.7 Å². The number of carbonyl (C=O) groups is 1. The van der Waals surface area contributed by atoms with Crippen LogP contribution in [0.25, 0.3) is 6.08 Å². The quantitative estimate of drug-likeness (QED) is 0.290. The monoisotopic (exact) mass is 468 g/mol. The van der Waals surface area contributed by atoms with Crippen molar-refractivity contribution in [3.05, 3.63) is 28.7 Å². The Morgan fingerprint density at radius 1 is 1.31 bits per heavy atom. The molecule has 3 rings (SSSR count). The molecule has 1 aliphatic carbocycles. The molecule has 0 spiro atoms. The van der Waals surface area contributed by atoms with E-state index in [1.54, 1.807) is 6.07 Å². The molecule has 1 saturated heterocycles. The Morgan fingerprint density at radius 2 is 2.03 bits per heavy atom. The van der Waals surface area contributed by atoms with E-state index in [4.69, 9.17) is 16.8 Å². The summed E-state index contributed by atoms with van der Waals surface area (Å²) in [6.45, 7) is 1.90. The largest absolute Gasteiger partial charge is 0.362 e. The predicted octanol–water partition coefficient (Wildman–Crippen LogP) is 4.51. The Bertz CT molecular complexity index is 709. The van der Waals surface area contributed by atoms with Crippen LogP contribution >= 0.6 is 36.4 Å². The van der Waals surface area contributed by atoms with Crippen LogP contribution in [0.3, 0.4) is 0 Å². The Labute approximate surface area is 187 Å². The Balaban J connectivity index is 0.00000210. The van der Waals surface area contributed by atoms with Gasteiger partial charge in [-0.3, -0.25) is 10.0 Å². The van der Waals surface area contributed by atoms with Crippen molar-refractivity contribution in [2.45, 2.75) is 50.5 Å². The zero-order chi connectivity index (χ0) is 19.3. The molecule has 1 aromatic heterocycles. The highest BCUT2D eigenvalue weighted by Crippen LogP contribution is 2.39. The van der Waals surface area contributed by atoms with Crippen LogP contribution in [0.5, 0.6) is 0 Å². The molecule has 0 bridgehead atoms. The fourth-order valence-corrected chi connectivity index (χ4v) is 4.49. The molecule has 10 heteroatoms. The Hall–Kier alpha value is -1.12. The van der Waals surface area contributed by atoms with Crippen LogP contribution in [0.2, 0.25) is 5.02 Å². The van der Waals surface area contributed by atoms with Gasteiger partial charge in [0.25, 0.3) is 0 Å². The fraction of sp³-hybridized carbons (Fsp3) is 0.579. The topological polar surface area (TPSA) is 86.3 Å². The maximum Gasteiger partial charge on any atom is 0.303 e. The van der Waals surface area contributed by atoms with E-state index >= 15 is 0 Å². The summed E-state index contributed by atoms with van der Waals surface area (Å²) < 4.78 is 13.6. The van der Waals surface area contributed by atoms with Crippen LogP contribution in [0.1, 0.15) is 50.5 Å². The van der Waals surface area contributed by atoms with Crippen molar-refractivity contribution in [1.82, 2.24) is 15.8 Å². The molecule has 164 valence electrons. The van der Waals surface area contributed by atoms with Crippen molar-refractivity contribution >= 4 is 54.2 Å². The van der Waals surface area contributed by atoms with Crippen LogP contribution in [0.4, 0.5) is 10.2 Å². The van der Waals surface area contributed by atoms with E-state index in [9.17, 15) is 9.18 Å². The van der Waals surface area contributed by atoms with Crippen LogP contribution in [-0.2, 0) is 4.79 Å². The van der Waals surface area contributed by atoms with Crippen molar-refractivity contribution in [2.24, 2.45) is 5.92 Å². The molecule has 1 amide bonds.